The summed E-state index contributed by atoms with van der Waals surface area (Å²) in [6.07, 6.45) is 5.40. The van der Waals surface area contributed by atoms with Crippen LogP contribution in [0.3, 0.4) is 0 Å². The number of aromatic nitrogens is 4. The van der Waals surface area contributed by atoms with Crippen LogP contribution in [-0.2, 0) is 0 Å². The molecule has 0 bridgehead atoms. The molecule has 0 spiro atoms. The van der Waals surface area contributed by atoms with Gasteiger partial charge < -0.3 is 14.6 Å². The van der Waals surface area contributed by atoms with E-state index in [9.17, 15) is 4.79 Å². The standard InChI is InChI=1S/C26H30N6O2/c1-26(2,16-31(3)4)15-28-24(33)19-14-29-32(23(19)17-9-10-17)25-27-12-11-20(30-25)22-13-18-7-5-6-8-21(18)34-22/h5-8,11-14,17H,9-10,15-16H2,1-4H3,(H,28,33). The summed E-state index contributed by atoms with van der Waals surface area (Å²) in [5.41, 5.74) is 2.92. The molecule has 3 aromatic heterocycles. The monoisotopic (exact) mass is 458 g/mol. The van der Waals surface area contributed by atoms with Crippen molar-refractivity contribution in [1.29, 1.82) is 0 Å². The number of nitrogens with one attached hydrogen (secondary N) is 1. The Balaban J connectivity index is 1.43. The first-order valence-electron chi connectivity index (χ1n) is 11.6. The quantitative estimate of drug-likeness (QED) is 0.424. The zero-order valence-electron chi connectivity index (χ0n) is 20.1. The fourth-order valence-electron chi connectivity index (χ4n) is 4.46. The summed E-state index contributed by atoms with van der Waals surface area (Å²) in [5, 5.41) is 8.66. The third kappa shape index (κ3) is 4.59. The molecule has 0 atom stereocenters. The van der Waals surface area contributed by atoms with Gasteiger partial charge in [-0.15, -0.1) is 0 Å². The van der Waals surface area contributed by atoms with E-state index in [1.54, 1.807) is 17.1 Å². The van der Waals surface area contributed by atoms with Gasteiger partial charge in [0.15, 0.2) is 5.76 Å². The Morgan fingerprint density at radius 1 is 1.24 bits per heavy atom. The van der Waals surface area contributed by atoms with Crippen LogP contribution in [0, 0.1) is 5.41 Å². The van der Waals surface area contributed by atoms with Gasteiger partial charge in [-0.25, -0.2) is 14.6 Å². The Morgan fingerprint density at radius 3 is 2.76 bits per heavy atom. The average Bonchev–Trinajstić information content (AvgIpc) is 3.39. The third-order valence-corrected chi connectivity index (χ3v) is 6.00. The van der Waals surface area contributed by atoms with Crippen LogP contribution in [0.1, 0.15) is 48.7 Å². The van der Waals surface area contributed by atoms with Gasteiger partial charge in [-0.05, 0) is 50.6 Å². The molecule has 1 aliphatic rings. The second-order valence-corrected chi connectivity index (χ2v) is 10.1. The maximum absolute atomic E-state index is 13.1. The number of rotatable bonds is 8. The molecule has 1 amide bonds. The summed E-state index contributed by atoms with van der Waals surface area (Å²) in [5.74, 6) is 1.29. The summed E-state index contributed by atoms with van der Waals surface area (Å²) in [4.78, 5) is 24.4. The largest absolute Gasteiger partial charge is 0.454 e. The molecule has 1 aromatic carbocycles. The highest BCUT2D eigenvalue weighted by molar-refractivity contribution is 5.95. The van der Waals surface area contributed by atoms with Gasteiger partial charge in [0.2, 0.25) is 0 Å². The van der Waals surface area contributed by atoms with E-state index in [1.165, 1.54) is 0 Å². The molecule has 0 aliphatic heterocycles. The zero-order valence-corrected chi connectivity index (χ0v) is 20.1. The molecule has 8 nitrogen and oxygen atoms in total. The highest BCUT2D eigenvalue weighted by atomic mass is 16.3. The molecular weight excluding hydrogens is 428 g/mol. The van der Waals surface area contributed by atoms with E-state index < -0.39 is 0 Å². The number of hydrogen-bond donors (Lipinski definition) is 1. The van der Waals surface area contributed by atoms with Crippen molar-refractivity contribution < 1.29 is 9.21 Å². The van der Waals surface area contributed by atoms with Gasteiger partial charge in [0, 0.05) is 30.6 Å². The summed E-state index contributed by atoms with van der Waals surface area (Å²) in [6.45, 7) is 5.76. The predicted octanol–water partition coefficient (Wildman–Crippen LogP) is 4.27. The summed E-state index contributed by atoms with van der Waals surface area (Å²) < 4.78 is 7.69. The van der Waals surface area contributed by atoms with Gasteiger partial charge in [-0.1, -0.05) is 32.0 Å². The minimum Gasteiger partial charge on any atom is -0.454 e. The number of fused-ring (bicyclic) bond motifs is 1. The highest BCUT2D eigenvalue weighted by Crippen LogP contribution is 2.42. The number of carbonyl (C=O) groups excluding carboxylic acids is 1. The molecule has 0 unspecified atom stereocenters. The molecule has 0 saturated heterocycles. The van der Waals surface area contributed by atoms with E-state index in [4.69, 9.17) is 9.40 Å². The first-order chi connectivity index (χ1) is 16.3. The third-order valence-electron chi connectivity index (χ3n) is 6.00. The topological polar surface area (TPSA) is 89.1 Å². The lowest BCUT2D eigenvalue weighted by atomic mass is 9.93. The van der Waals surface area contributed by atoms with Crippen LogP contribution in [0.4, 0.5) is 0 Å². The second kappa shape index (κ2) is 8.68. The SMILES string of the molecule is CN(C)CC(C)(C)CNC(=O)c1cnn(-c2nccc(-c3cc4ccccc4o3)n2)c1C1CC1. The Bertz CT molecular complexity index is 1300. The molecule has 1 N–H and O–H groups in total. The van der Waals surface area contributed by atoms with E-state index in [2.05, 4.69) is 34.1 Å². The Morgan fingerprint density at radius 2 is 2.03 bits per heavy atom. The number of para-hydroxylation sites is 1. The first kappa shape index (κ1) is 22.3. The number of nitrogens with zero attached hydrogens (tertiary/aromatic N) is 5. The van der Waals surface area contributed by atoms with Crippen molar-refractivity contribution >= 4 is 16.9 Å². The maximum Gasteiger partial charge on any atom is 0.254 e. The van der Waals surface area contributed by atoms with Crippen molar-refractivity contribution in [2.24, 2.45) is 5.41 Å². The summed E-state index contributed by atoms with van der Waals surface area (Å²) in [6, 6.07) is 11.7. The summed E-state index contributed by atoms with van der Waals surface area (Å²) in [7, 11) is 4.08. The molecule has 1 fully saturated rings. The van der Waals surface area contributed by atoms with Gasteiger partial charge in [-0.3, -0.25) is 4.79 Å². The van der Waals surface area contributed by atoms with Crippen molar-refractivity contribution in [1.82, 2.24) is 30.0 Å². The maximum atomic E-state index is 13.1. The van der Waals surface area contributed by atoms with Crippen molar-refractivity contribution in [3.8, 4) is 17.4 Å². The van der Waals surface area contributed by atoms with Gasteiger partial charge in [-0.2, -0.15) is 5.10 Å². The van der Waals surface area contributed by atoms with Crippen LogP contribution in [0.25, 0.3) is 28.4 Å². The molecule has 3 heterocycles. The van der Waals surface area contributed by atoms with Crippen LogP contribution < -0.4 is 5.32 Å². The van der Waals surface area contributed by atoms with Gasteiger partial charge in [0.1, 0.15) is 11.3 Å². The number of benzene rings is 1. The second-order valence-electron chi connectivity index (χ2n) is 10.1. The van der Waals surface area contributed by atoms with Gasteiger partial charge in [0.25, 0.3) is 11.9 Å². The normalized spacial score (nSPS) is 14.1. The molecule has 8 heteroatoms. The van der Waals surface area contributed by atoms with Gasteiger partial charge >= 0.3 is 0 Å². The predicted molar refractivity (Wildman–Crippen MR) is 131 cm³/mol. The first-order valence-corrected chi connectivity index (χ1v) is 11.6. The summed E-state index contributed by atoms with van der Waals surface area (Å²) >= 11 is 0. The minimum atomic E-state index is -0.103. The Hall–Kier alpha value is -3.52. The van der Waals surface area contributed by atoms with E-state index in [0.717, 1.165) is 36.0 Å². The zero-order chi connectivity index (χ0) is 23.9. The lowest BCUT2D eigenvalue weighted by Gasteiger charge is -2.28. The molecular formula is C26H30N6O2. The molecule has 0 radical (unpaired) electrons. The molecule has 5 rings (SSSR count). The molecule has 1 saturated carbocycles. The number of hydrogen-bond acceptors (Lipinski definition) is 6. The lowest BCUT2D eigenvalue weighted by Crippen LogP contribution is -2.40. The van der Waals surface area contributed by atoms with Crippen LogP contribution >= 0.6 is 0 Å². The Labute approximate surface area is 199 Å². The fraction of sp³-hybridized carbons (Fsp3) is 0.385. The number of carbonyl (C=O) groups is 1. The molecule has 34 heavy (non-hydrogen) atoms. The number of amides is 1. The van der Waals surface area contributed by atoms with Crippen molar-refractivity contribution in [2.45, 2.75) is 32.6 Å². The van der Waals surface area contributed by atoms with Crippen LogP contribution in [-0.4, -0.2) is 57.7 Å². The van der Waals surface area contributed by atoms with Crippen molar-refractivity contribution in [2.75, 3.05) is 27.2 Å². The smallest absolute Gasteiger partial charge is 0.254 e. The molecule has 176 valence electrons. The number of furan rings is 1. The van der Waals surface area contributed by atoms with Gasteiger partial charge in [0.05, 0.1) is 17.5 Å². The van der Waals surface area contributed by atoms with E-state index in [1.807, 2.05) is 50.5 Å². The van der Waals surface area contributed by atoms with Crippen molar-refractivity contribution in [3.63, 3.8) is 0 Å². The molecule has 4 aromatic rings. The lowest BCUT2D eigenvalue weighted by molar-refractivity contribution is 0.0928. The van der Waals surface area contributed by atoms with Crippen LogP contribution in [0.5, 0.6) is 0 Å². The fourth-order valence-corrected chi connectivity index (χ4v) is 4.46. The van der Waals surface area contributed by atoms with E-state index >= 15 is 0 Å². The molecule has 1 aliphatic carbocycles. The average molecular weight is 459 g/mol. The van der Waals surface area contributed by atoms with E-state index in [0.29, 0.717) is 29.5 Å². The highest BCUT2D eigenvalue weighted by Gasteiger charge is 2.34. The minimum absolute atomic E-state index is 0.0427. The van der Waals surface area contributed by atoms with Crippen molar-refractivity contribution in [3.05, 3.63) is 60.0 Å². The van der Waals surface area contributed by atoms with Crippen LogP contribution in [0.2, 0.25) is 0 Å². The Kier molecular flexibility index (Phi) is 5.69. The van der Waals surface area contributed by atoms with E-state index in [-0.39, 0.29) is 17.2 Å². The van der Waals surface area contributed by atoms with Crippen LogP contribution in [0.15, 0.2) is 53.2 Å².